The van der Waals surface area contributed by atoms with Crippen molar-refractivity contribution in [1.82, 2.24) is 0 Å². The van der Waals surface area contributed by atoms with Crippen LogP contribution in [0.15, 0.2) is 48.6 Å². The number of thiophene rings is 1. The van der Waals surface area contributed by atoms with E-state index in [9.17, 15) is 15.0 Å². The highest BCUT2D eigenvalue weighted by atomic mass is 32.1. The topological polar surface area (TPSA) is 57.5 Å². The predicted molar refractivity (Wildman–Crippen MR) is 126 cm³/mol. The molecule has 0 saturated heterocycles. The van der Waals surface area contributed by atoms with Crippen LogP contribution in [0.25, 0.3) is 10.1 Å². The predicted octanol–water partition coefficient (Wildman–Crippen LogP) is 5.76. The summed E-state index contributed by atoms with van der Waals surface area (Å²) in [7, 11) is 0. The summed E-state index contributed by atoms with van der Waals surface area (Å²) in [6.07, 6.45) is 12.4. The molecule has 4 heteroatoms. The van der Waals surface area contributed by atoms with Crippen molar-refractivity contribution in [3.05, 3.63) is 59.0 Å². The van der Waals surface area contributed by atoms with E-state index in [4.69, 9.17) is 0 Å². The number of rotatable bonds is 10. The zero-order valence-corrected chi connectivity index (χ0v) is 18.9. The fourth-order valence-electron chi connectivity index (χ4n) is 4.31. The molecule has 1 aromatic heterocycles. The van der Waals surface area contributed by atoms with Gasteiger partial charge in [-0.15, -0.1) is 11.3 Å². The van der Waals surface area contributed by atoms with Gasteiger partial charge < -0.3 is 10.2 Å². The molecule has 1 aliphatic rings. The summed E-state index contributed by atoms with van der Waals surface area (Å²) in [6.45, 7) is 4.31. The third kappa shape index (κ3) is 5.69. The molecule has 30 heavy (non-hydrogen) atoms. The summed E-state index contributed by atoms with van der Waals surface area (Å²) in [4.78, 5) is 13.6. The molecule has 0 amide bonds. The molecule has 1 saturated carbocycles. The van der Waals surface area contributed by atoms with Gasteiger partial charge in [0.15, 0.2) is 0 Å². The highest BCUT2D eigenvalue weighted by molar-refractivity contribution is 7.19. The monoisotopic (exact) mass is 426 g/mol. The lowest BCUT2D eigenvalue weighted by atomic mass is 9.90. The van der Waals surface area contributed by atoms with E-state index in [1.807, 2.05) is 6.08 Å². The fraction of sp³-hybridized carbons (Fsp3) is 0.500. The Kier molecular flexibility index (Phi) is 8.43. The van der Waals surface area contributed by atoms with Gasteiger partial charge in [-0.25, -0.2) is 0 Å². The van der Waals surface area contributed by atoms with Gasteiger partial charge in [-0.3, -0.25) is 4.79 Å². The largest absolute Gasteiger partial charge is 0.392 e. The molecule has 1 aliphatic carbocycles. The maximum atomic E-state index is 12.3. The standard InChI is InChI=1S/C26H34O3S/c1-3-4-5-6-7-11-21-22(24(29)17-23(21)28)15-13-19(27)14-16-25-18(2)20-10-8-9-12-26(20)30-25/h6-10,12-13,15,19,21-22,24,27,29H,3-5,11,14,16-17H2,1-2H3/b7-6-,15-13+/t19?,21-,22-,24-/m1/s1. The van der Waals surface area contributed by atoms with Crippen molar-refractivity contribution >= 4 is 27.2 Å². The minimum Gasteiger partial charge on any atom is -0.392 e. The molecule has 4 atom stereocenters. The fourth-order valence-corrected chi connectivity index (χ4v) is 5.53. The Morgan fingerprint density at radius 1 is 1.27 bits per heavy atom. The molecule has 1 fully saturated rings. The zero-order valence-electron chi connectivity index (χ0n) is 18.1. The van der Waals surface area contributed by atoms with E-state index in [2.05, 4.69) is 50.3 Å². The van der Waals surface area contributed by atoms with E-state index in [1.54, 1.807) is 17.4 Å². The van der Waals surface area contributed by atoms with Crippen LogP contribution in [0, 0.1) is 18.8 Å². The number of hydrogen-bond acceptors (Lipinski definition) is 4. The Balaban J connectivity index is 1.56. The number of hydrogen-bond donors (Lipinski definition) is 2. The average Bonchev–Trinajstić information content (AvgIpc) is 3.20. The number of aliphatic hydroxyl groups is 2. The number of unbranched alkanes of at least 4 members (excludes halogenated alkanes) is 2. The van der Waals surface area contributed by atoms with E-state index in [1.165, 1.54) is 20.5 Å². The average molecular weight is 427 g/mol. The van der Waals surface area contributed by atoms with Crippen molar-refractivity contribution in [2.24, 2.45) is 11.8 Å². The van der Waals surface area contributed by atoms with Gasteiger partial charge in [0.25, 0.3) is 0 Å². The molecule has 2 aromatic rings. The molecule has 1 heterocycles. The second-order valence-corrected chi connectivity index (χ2v) is 9.55. The molecule has 3 nitrogen and oxygen atoms in total. The van der Waals surface area contributed by atoms with E-state index in [0.717, 1.165) is 25.7 Å². The zero-order chi connectivity index (χ0) is 21.5. The van der Waals surface area contributed by atoms with Crippen LogP contribution < -0.4 is 0 Å². The quantitative estimate of drug-likeness (QED) is 0.375. The number of aryl methyl sites for hydroxylation is 2. The minimum absolute atomic E-state index is 0.132. The van der Waals surface area contributed by atoms with Crippen molar-refractivity contribution in [2.75, 3.05) is 0 Å². The normalized spacial score (nSPS) is 23.3. The summed E-state index contributed by atoms with van der Waals surface area (Å²) >= 11 is 1.80. The Labute approximate surface area is 184 Å². The minimum atomic E-state index is -0.639. The third-order valence-corrected chi connectivity index (χ3v) is 7.51. The summed E-state index contributed by atoms with van der Waals surface area (Å²) in [5.41, 5.74) is 1.30. The van der Waals surface area contributed by atoms with E-state index >= 15 is 0 Å². The number of carbonyl (C=O) groups excluding carboxylic acids is 1. The first-order valence-corrected chi connectivity index (χ1v) is 12.0. The van der Waals surface area contributed by atoms with Crippen LogP contribution in [0.4, 0.5) is 0 Å². The van der Waals surface area contributed by atoms with Crippen LogP contribution in [-0.2, 0) is 11.2 Å². The van der Waals surface area contributed by atoms with Gasteiger partial charge in [-0.05, 0) is 49.6 Å². The van der Waals surface area contributed by atoms with E-state index in [0.29, 0.717) is 12.8 Å². The van der Waals surface area contributed by atoms with Crippen LogP contribution in [0.2, 0.25) is 0 Å². The molecule has 3 rings (SSSR count). The van der Waals surface area contributed by atoms with E-state index < -0.39 is 12.2 Å². The van der Waals surface area contributed by atoms with Crippen LogP contribution in [0.3, 0.4) is 0 Å². The van der Waals surface area contributed by atoms with Crippen molar-refractivity contribution in [3.8, 4) is 0 Å². The van der Waals surface area contributed by atoms with Crippen LogP contribution >= 0.6 is 11.3 Å². The Morgan fingerprint density at radius 2 is 2.07 bits per heavy atom. The molecule has 1 aromatic carbocycles. The molecule has 162 valence electrons. The first kappa shape index (κ1) is 22.9. The number of benzene rings is 1. The molecule has 1 unspecified atom stereocenters. The first-order valence-electron chi connectivity index (χ1n) is 11.2. The summed E-state index contributed by atoms with van der Waals surface area (Å²) < 4.78 is 1.29. The van der Waals surface area contributed by atoms with Crippen molar-refractivity contribution in [2.45, 2.75) is 71.0 Å². The number of Topliss-reactive ketones (excluding diaryl/α,β-unsaturated/α-hetero) is 1. The highest BCUT2D eigenvalue weighted by Gasteiger charge is 2.39. The van der Waals surface area contributed by atoms with Crippen LogP contribution in [-0.4, -0.2) is 28.2 Å². The Bertz CT molecular complexity index is 895. The maximum absolute atomic E-state index is 12.3. The van der Waals surface area contributed by atoms with Crippen molar-refractivity contribution in [3.63, 3.8) is 0 Å². The van der Waals surface area contributed by atoms with E-state index in [-0.39, 0.29) is 24.0 Å². The third-order valence-electron chi connectivity index (χ3n) is 6.18. The number of fused-ring (bicyclic) bond motifs is 1. The molecular weight excluding hydrogens is 392 g/mol. The molecule has 0 aliphatic heterocycles. The van der Waals surface area contributed by atoms with Gasteiger partial charge in [-0.1, -0.05) is 62.3 Å². The molecule has 0 radical (unpaired) electrons. The molecule has 2 N–H and O–H groups in total. The lowest BCUT2D eigenvalue weighted by Crippen LogP contribution is -2.19. The Hall–Kier alpha value is -1.75. The van der Waals surface area contributed by atoms with Gasteiger partial charge in [0.1, 0.15) is 5.78 Å². The summed E-state index contributed by atoms with van der Waals surface area (Å²) in [6, 6.07) is 8.41. The molecular formula is C26H34O3S. The van der Waals surface area contributed by atoms with Gasteiger partial charge in [0, 0.05) is 27.8 Å². The first-order chi connectivity index (χ1) is 14.5. The second-order valence-electron chi connectivity index (χ2n) is 8.41. The number of aliphatic hydroxyl groups excluding tert-OH is 2. The molecule has 0 spiro atoms. The van der Waals surface area contributed by atoms with Gasteiger partial charge in [0.2, 0.25) is 0 Å². The number of ketones is 1. The maximum Gasteiger partial charge on any atom is 0.139 e. The lowest BCUT2D eigenvalue weighted by molar-refractivity contribution is -0.121. The van der Waals surface area contributed by atoms with Crippen LogP contribution in [0.1, 0.15) is 55.9 Å². The molecule has 0 bridgehead atoms. The highest BCUT2D eigenvalue weighted by Crippen LogP contribution is 2.34. The Morgan fingerprint density at radius 3 is 2.83 bits per heavy atom. The van der Waals surface area contributed by atoms with Crippen molar-refractivity contribution < 1.29 is 15.0 Å². The number of allylic oxidation sites excluding steroid dienone is 2. The van der Waals surface area contributed by atoms with Gasteiger partial charge in [-0.2, -0.15) is 0 Å². The summed E-state index contributed by atoms with van der Waals surface area (Å²) in [5, 5.41) is 22.1. The van der Waals surface area contributed by atoms with Gasteiger partial charge in [0.05, 0.1) is 12.2 Å². The SMILES string of the molecule is CCCC/C=C\C[C@H]1C(=O)C[C@@H](O)[C@@H]1/C=C/C(O)CCc1sc2ccccc2c1C. The van der Waals surface area contributed by atoms with Crippen molar-refractivity contribution in [1.29, 1.82) is 0 Å². The second kappa shape index (κ2) is 11.0. The smallest absolute Gasteiger partial charge is 0.139 e. The lowest BCUT2D eigenvalue weighted by Gasteiger charge is -2.16. The van der Waals surface area contributed by atoms with Crippen LogP contribution in [0.5, 0.6) is 0 Å². The van der Waals surface area contributed by atoms with Gasteiger partial charge >= 0.3 is 0 Å². The number of carbonyl (C=O) groups is 1. The summed E-state index contributed by atoms with van der Waals surface area (Å²) in [5.74, 6) is -0.243.